The second-order valence-corrected chi connectivity index (χ2v) is 5.73. The monoisotopic (exact) mass is 366 g/mol. The number of halogens is 2. The van der Waals surface area contributed by atoms with Crippen molar-refractivity contribution in [1.29, 1.82) is 5.26 Å². The molecule has 0 heterocycles. The number of benzene rings is 2. The third-order valence-corrected chi connectivity index (χ3v) is 3.74. The lowest BCUT2D eigenvalue weighted by molar-refractivity contribution is 0.102. The SMILES string of the molecule is N#Cc1ccc(Cl)c(NC(=O)c2ccc(Br)cc2S)c1. The van der Waals surface area contributed by atoms with Gasteiger partial charge in [0.2, 0.25) is 0 Å². The number of hydrogen-bond acceptors (Lipinski definition) is 3. The minimum absolute atomic E-state index is 0.334. The van der Waals surface area contributed by atoms with E-state index < -0.39 is 0 Å². The molecule has 1 amide bonds. The fraction of sp³-hybridized carbons (Fsp3) is 0. The van der Waals surface area contributed by atoms with Gasteiger partial charge < -0.3 is 5.32 Å². The quantitative estimate of drug-likeness (QED) is 0.767. The average Bonchev–Trinajstić information content (AvgIpc) is 2.41. The van der Waals surface area contributed by atoms with Gasteiger partial charge >= 0.3 is 0 Å². The summed E-state index contributed by atoms with van der Waals surface area (Å²) in [6.07, 6.45) is 0. The molecule has 0 saturated carbocycles. The Bertz CT molecular complexity index is 728. The van der Waals surface area contributed by atoms with Gasteiger partial charge in [0.15, 0.2) is 0 Å². The normalized spacial score (nSPS) is 9.90. The van der Waals surface area contributed by atoms with Gasteiger partial charge in [-0.1, -0.05) is 27.5 Å². The molecule has 0 aliphatic rings. The van der Waals surface area contributed by atoms with E-state index in [0.29, 0.717) is 26.7 Å². The topological polar surface area (TPSA) is 52.9 Å². The minimum Gasteiger partial charge on any atom is -0.321 e. The summed E-state index contributed by atoms with van der Waals surface area (Å²) >= 11 is 13.6. The van der Waals surface area contributed by atoms with Crippen LogP contribution < -0.4 is 5.32 Å². The summed E-state index contributed by atoms with van der Waals surface area (Å²) in [5, 5.41) is 11.9. The Morgan fingerprint density at radius 2 is 2.05 bits per heavy atom. The summed E-state index contributed by atoms with van der Waals surface area (Å²) in [6.45, 7) is 0. The van der Waals surface area contributed by atoms with Crippen molar-refractivity contribution in [3.63, 3.8) is 0 Å². The highest BCUT2D eigenvalue weighted by atomic mass is 79.9. The fourth-order valence-electron chi connectivity index (χ4n) is 1.58. The second kappa shape index (κ2) is 6.31. The molecule has 2 aromatic carbocycles. The van der Waals surface area contributed by atoms with Crippen LogP contribution in [0.4, 0.5) is 5.69 Å². The molecule has 0 unspecified atom stereocenters. The molecule has 0 aromatic heterocycles. The second-order valence-electron chi connectivity index (χ2n) is 3.92. The molecular formula is C14H8BrClN2OS. The third kappa shape index (κ3) is 3.34. The number of rotatable bonds is 2. The van der Waals surface area contributed by atoms with Crippen molar-refractivity contribution in [3.05, 3.63) is 57.0 Å². The molecule has 0 atom stereocenters. The smallest absolute Gasteiger partial charge is 0.256 e. The summed E-state index contributed by atoms with van der Waals surface area (Å²) in [7, 11) is 0. The Morgan fingerprint density at radius 1 is 1.30 bits per heavy atom. The van der Waals surface area contributed by atoms with Crippen LogP contribution >= 0.6 is 40.2 Å². The number of carbonyl (C=O) groups is 1. The van der Waals surface area contributed by atoms with E-state index in [9.17, 15) is 4.79 Å². The number of nitrogens with one attached hydrogen (secondary N) is 1. The number of nitriles is 1. The maximum absolute atomic E-state index is 12.2. The highest BCUT2D eigenvalue weighted by molar-refractivity contribution is 9.10. The molecule has 20 heavy (non-hydrogen) atoms. The number of anilines is 1. The summed E-state index contributed by atoms with van der Waals surface area (Å²) < 4.78 is 0.837. The summed E-state index contributed by atoms with van der Waals surface area (Å²) in [5.74, 6) is -0.334. The molecule has 6 heteroatoms. The van der Waals surface area contributed by atoms with E-state index in [1.165, 1.54) is 6.07 Å². The number of nitrogens with zero attached hydrogens (tertiary/aromatic N) is 1. The molecule has 0 aliphatic carbocycles. The van der Waals surface area contributed by atoms with Crippen LogP contribution in [0.3, 0.4) is 0 Å². The van der Waals surface area contributed by atoms with E-state index in [2.05, 4.69) is 33.9 Å². The Kier molecular flexibility index (Phi) is 4.71. The van der Waals surface area contributed by atoms with Crippen LogP contribution in [-0.4, -0.2) is 5.91 Å². The minimum atomic E-state index is -0.334. The first-order chi connectivity index (χ1) is 9.51. The highest BCUT2D eigenvalue weighted by Gasteiger charge is 2.12. The molecule has 2 aromatic rings. The molecular weight excluding hydrogens is 360 g/mol. The first kappa shape index (κ1) is 14.9. The predicted octanol–water partition coefficient (Wildman–Crippen LogP) is 4.52. The van der Waals surface area contributed by atoms with E-state index in [1.54, 1.807) is 30.3 Å². The van der Waals surface area contributed by atoms with Crippen LogP contribution in [0.2, 0.25) is 5.02 Å². The lowest BCUT2D eigenvalue weighted by atomic mass is 10.2. The van der Waals surface area contributed by atoms with Crippen LogP contribution in [0.1, 0.15) is 15.9 Å². The van der Waals surface area contributed by atoms with Gasteiger partial charge in [0.25, 0.3) is 5.91 Å². The number of hydrogen-bond donors (Lipinski definition) is 2. The van der Waals surface area contributed by atoms with Crippen molar-refractivity contribution in [3.8, 4) is 6.07 Å². The first-order valence-electron chi connectivity index (χ1n) is 5.51. The van der Waals surface area contributed by atoms with Gasteiger partial charge in [0.05, 0.1) is 27.9 Å². The molecule has 1 N–H and O–H groups in total. The first-order valence-corrected chi connectivity index (χ1v) is 7.12. The average molecular weight is 368 g/mol. The Balaban J connectivity index is 2.30. The zero-order valence-electron chi connectivity index (χ0n) is 10.0. The molecule has 0 saturated heterocycles. The van der Waals surface area contributed by atoms with Gasteiger partial charge in [-0.25, -0.2) is 0 Å². The third-order valence-electron chi connectivity index (χ3n) is 2.55. The fourth-order valence-corrected chi connectivity index (χ4v) is 2.60. The zero-order chi connectivity index (χ0) is 14.7. The number of thiol groups is 1. The van der Waals surface area contributed by atoms with Crippen LogP contribution in [0.5, 0.6) is 0 Å². The molecule has 0 bridgehead atoms. The van der Waals surface area contributed by atoms with E-state index >= 15 is 0 Å². The predicted molar refractivity (Wildman–Crippen MR) is 85.5 cm³/mol. The lowest BCUT2D eigenvalue weighted by Crippen LogP contribution is -2.13. The van der Waals surface area contributed by atoms with E-state index in [4.69, 9.17) is 16.9 Å². The maximum Gasteiger partial charge on any atom is 0.256 e. The summed E-state index contributed by atoms with van der Waals surface area (Å²) in [4.78, 5) is 12.7. The molecule has 0 radical (unpaired) electrons. The van der Waals surface area contributed by atoms with E-state index in [0.717, 1.165) is 4.47 Å². The van der Waals surface area contributed by atoms with Crippen molar-refractivity contribution in [2.45, 2.75) is 4.90 Å². The van der Waals surface area contributed by atoms with Gasteiger partial charge in [-0.2, -0.15) is 5.26 Å². The molecule has 100 valence electrons. The molecule has 0 fully saturated rings. The molecule has 0 spiro atoms. The Hall–Kier alpha value is -1.48. The Labute approximate surface area is 135 Å². The van der Waals surface area contributed by atoms with Gasteiger partial charge in [0, 0.05) is 9.37 Å². The van der Waals surface area contributed by atoms with Crippen molar-refractivity contribution in [1.82, 2.24) is 0 Å². The summed E-state index contributed by atoms with van der Waals surface area (Å²) in [6, 6.07) is 11.8. The van der Waals surface area contributed by atoms with Crippen molar-refractivity contribution < 1.29 is 4.79 Å². The van der Waals surface area contributed by atoms with Crippen LogP contribution in [0.25, 0.3) is 0 Å². The maximum atomic E-state index is 12.2. The number of carbonyl (C=O) groups excluding carboxylic acids is 1. The largest absolute Gasteiger partial charge is 0.321 e. The Morgan fingerprint density at radius 3 is 2.70 bits per heavy atom. The van der Waals surface area contributed by atoms with Crippen LogP contribution in [0.15, 0.2) is 45.8 Å². The standard InChI is InChI=1S/C14H8BrClN2OS/c15-9-2-3-10(13(20)6-9)14(19)18-12-5-8(7-17)1-4-11(12)16/h1-6,20H,(H,18,19). The van der Waals surface area contributed by atoms with Crippen molar-refractivity contribution in [2.75, 3.05) is 5.32 Å². The molecule has 3 nitrogen and oxygen atoms in total. The molecule has 0 aliphatic heterocycles. The van der Waals surface area contributed by atoms with Crippen molar-refractivity contribution >= 4 is 51.8 Å². The van der Waals surface area contributed by atoms with Gasteiger partial charge in [-0.05, 0) is 36.4 Å². The van der Waals surface area contributed by atoms with Crippen LogP contribution in [0, 0.1) is 11.3 Å². The molecule has 2 rings (SSSR count). The van der Waals surface area contributed by atoms with E-state index in [-0.39, 0.29) is 5.91 Å². The van der Waals surface area contributed by atoms with Crippen LogP contribution in [-0.2, 0) is 0 Å². The van der Waals surface area contributed by atoms with Gasteiger partial charge in [-0.3, -0.25) is 4.79 Å². The number of amides is 1. The van der Waals surface area contributed by atoms with Crippen molar-refractivity contribution in [2.24, 2.45) is 0 Å². The van der Waals surface area contributed by atoms with Gasteiger partial charge in [0.1, 0.15) is 0 Å². The highest BCUT2D eigenvalue weighted by Crippen LogP contribution is 2.25. The van der Waals surface area contributed by atoms with E-state index in [1.807, 2.05) is 6.07 Å². The lowest BCUT2D eigenvalue weighted by Gasteiger charge is -2.09. The zero-order valence-corrected chi connectivity index (χ0v) is 13.3. The summed E-state index contributed by atoms with van der Waals surface area (Å²) in [5.41, 5.74) is 1.24. The van der Waals surface area contributed by atoms with Gasteiger partial charge in [-0.15, -0.1) is 12.6 Å².